The van der Waals surface area contributed by atoms with Crippen LogP contribution in [0.3, 0.4) is 0 Å². The van der Waals surface area contributed by atoms with Crippen molar-refractivity contribution in [2.24, 2.45) is 0 Å². The molecule has 1 amide bonds. The van der Waals surface area contributed by atoms with Gasteiger partial charge in [-0.3, -0.25) is 4.79 Å². The monoisotopic (exact) mass is 336 g/mol. The molecule has 2 N–H and O–H groups in total. The Bertz CT molecular complexity index is 680. The number of nitrogens with zero attached hydrogens (tertiary/aromatic N) is 2. The molecule has 0 aliphatic carbocycles. The topological polar surface area (TPSA) is 86.8 Å². The highest BCUT2D eigenvalue weighted by atomic mass is 35.5. The Morgan fingerprint density at radius 3 is 2.70 bits per heavy atom. The van der Waals surface area contributed by atoms with Gasteiger partial charge in [-0.05, 0) is 17.7 Å². The van der Waals surface area contributed by atoms with Gasteiger partial charge >= 0.3 is 0 Å². The fraction of sp³-hybridized carbons (Fsp3) is 0.375. The maximum absolute atomic E-state index is 12.2. The smallest absolute Gasteiger partial charge is 0.225 e. The lowest BCUT2D eigenvalue weighted by atomic mass is 9.95. The zero-order chi connectivity index (χ0) is 16.4. The van der Waals surface area contributed by atoms with Crippen LogP contribution in [-0.2, 0) is 11.4 Å². The highest BCUT2D eigenvalue weighted by molar-refractivity contribution is 6.30. The van der Waals surface area contributed by atoms with Crippen LogP contribution in [0.15, 0.2) is 34.9 Å². The number of hydrogen-bond donors (Lipinski definition) is 2. The van der Waals surface area contributed by atoms with Gasteiger partial charge in [-0.25, -0.2) is 0 Å². The van der Waals surface area contributed by atoms with Crippen molar-refractivity contribution in [3.05, 3.63) is 52.4 Å². The quantitative estimate of drug-likeness (QED) is 0.870. The Hall–Kier alpha value is -1.89. The molecule has 1 aromatic carbocycles. The molecule has 1 saturated heterocycles. The Labute approximate surface area is 138 Å². The van der Waals surface area contributed by atoms with Crippen molar-refractivity contribution in [3.8, 4) is 0 Å². The lowest BCUT2D eigenvalue weighted by Crippen LogP contribution is -2.48. The van der Waals surface area contributed by atoms with E-state index in [2.05, 4.69) is 5.16 Å². The van der Waals surface area contributed by atoms with Crippen molar-refractivity contribution in [1.82, 2.24) is 10.1 Å². The second kappa shape index (κ2) is 6.70. The van der Waals surface area contributed by atoms with E-state index < -0.39 is 6.10 Å². The van der Waals surface area contributed by atoms with E-state index in [1.165, 1.54) is 0 Å². The SMILES string of the molecule is O=C(CC(O)c1ccc(Cl)cc1)N1CC(c2cc(CO)on2)C1. The summed E-state index contributed by atoms with van der Waals surface area (Å²) in [5, 5.41) is 23.6. The minimum atomic E-state index is -0.841. The van der Waals surface area contributed by atoms with E-state index in [4.69, 9.17) is 21.2 Å². The number of carbonyl (C=O) groups excluding carboxylic acids is 1. The fourth-order valence-electron chi connectivity index (χ4n) is 2.56. The maximum atomic E-state index is 12.2. The molecular weight excluding hydrogens is 320 g/mol. The zero-order valence-electron chi connectivity index (χ0n) is 12.4. The van der Waals surface area contributed by atoms with E-state index in [-0.39, 0.29) is 24.9 Å². The molecule has 1 aliphatic heterocycles. The van der Waals surface area contributed by atoms with Crippen LogP contribution in [0.5, 0.6) is 0 Å². The Morgan fingerprint density at radius 1 is 1.39 bits per heavy atom. The number of aliphatic hydroxyl groups is 2. The molecule has 122 valence electrons. The van der Waals surface area contributed by atoms with E-state index in [1.54, 1.807) is 35.2 Å². The third-order valence-electron chi connectivity index (χ3n) is 4.01. The van der Waals surface area contributed by atoms with E-state index in [1.807, 2.05) is 0 Å². The molecule has 0 radical (unpaired) electrons. The van der Waals surface area contributed by atoms with Crippen molar-refractivity contribution >= 4 is 17.5 Å². The fourth-order valence-corrected chi connectivity index (χ4v) is 2.69. The summed E-state index contributed by atoms with van der Waals surface area (Å²) in [6, 6.07) is 8.51. The first-order valence-electron chi connectivity index (χ1n) is 7.34. The standard InChI is InChI=1S/C16H17ClN2O4/c17-12-3-1-10(2-4-12)15(21)6-16(22)19-7-11(8-19)14-5-13(9-20)23-18-14/h1-5,11,15,20-21H,6-9H2. The van der Waals surface area contributed by atoms with Crippen molar-refractivity contribution in [3.63, 3.8) is 0 Å². The molecule has 0 spiro atoms. The maximum Gasteiger partial charge on any atom is 0.225 e. The van der Waals surface area contributed by atoms with Gasteiger partial charge in [0.15, 0.2) is 5.76 Å². The predicted octanol–water partition coefficient (Wildman–Crippen LogP) is 1.87. The molecule has 1 unspecified atom stereocenters. The number of carbonyl (C=O) groups is 1. The molecule has 1 atom stereocenters. The summed E-state index contributed by atoms with van der Waals surface area (Å²) in [7, 11) is 0. The summed E-state index contributed by atoms with van der Waals surface area (Å²) in [6.07, 6.45) is -0.804. The first kappa shape index (κ1) is 16.0. The summed E-state index contributed by atoms with van der Waals surface area (Å²) in [5.41, 5.74) is 1.42. The van der Waals surface area contributed by atoms with Crippen LogP contribution >= 0.6 is 11.6 Å². The van der Waals surface area contributed by atoms with Crippen LogP contribution in [0.25, 0.3) is 0 Å². The molecule has 0 saturated carbocycles. The lowest BCUT2D eigenvalue weighted by molar-refractivity contribution is -0.137. The first-order chi connectivity index (χ1) is 11.1. The van der Waals surface area contributed by atoms with E-state index in [9.17, 15) is 9.90 Å². The number of amides is 1. The van der Waals surface area contributed by atoms with Gasteiger partial charge in [-0.2, -0.15) is 0 Å². The van der Waals surface area contributed by atoms with Gasteiger partial charge < -0.3 is 19.6 Å². The summed E-state index contributed by atoms with van der Waals surface area (Å²) in [6.45, 7) is 0.906. The largest absolute Gasteiger partial charge is 0.388 e. The molecule has 2 heterocycles. The number of benzene rings is 1. The minimum absolute atomic E-state index is 0.0368. The molecule has 2 aromatic rings. The second-order valence-corrected chi connectivity index (χ2v) is 6.08. The van der Waals surface area contributed by atoms with Crippen LogP contribution in [0.2, 0.25) is 5.02 Å². The van der Waals surface area contributed by atoms with Gasteiger partial charge in [0.2, 0.25) is 5.91 Å². The highest BCUT2D eigenvalue weighted by Gasteiger charge is 2.34. The van der Waals surface area contributed by atoms with E-state index in [0.717, 1.165) is 5.69 Å². The van der Waals surface area contributed by atoms with Crippen LogP contribution < -0.4 is 0 Å². The summed E-state index contributed by atoms with van der Waals surface area (Å²) in [5.74, 6) is 0.438. The van der Waals surface area contributed by atoms with Gasteiger partial charge in [-0.15, -0.1) is 0 Å². The number of aromatic nitrogens is 1. The Kier molecular flexibility index (Phi) is 4.66. The summed E-state index contributed by atoms with van der Waals surface area (Å²) >= 11 is 5.80. The van der Waals surface area contributed by atoms with Crippen LogP contribution in [0.4, 0.5) is 0 Å². The van der Waals surface area contributed by atoms with Gasteiger partial charge in [0, 0.05) is 30.1 Å². The lowest BCUT2D eigenvalue weighted by Gasteiger charge is -2.38. The van der Waals surface area contributed by atoms with Gasteiger partial charge in [0.05, 0.1) is 18.2 Å². The molecule has 0 bridgehead atoms. The van der Waals surface area contributed by atoms with E-state index >= 15 is 0 Å². The normalized spacial score (nSPS) is 16.2. The molecule has 3 rings (SSSR count). The second-order valence-electron chi connectivity index (χ2n) is 5.64. The van der Waals surface area contributed by atoms with E-state index in [0.29, 0.717) is 29.4 Å². The number of likely N-dealkylation sites (tertiary alicyclic amines) is 1. The van der Waals surface area contributed by atoms with Crippen molar-refractivity contribution in [2.75, 3.05) is 13.1 Å². The molecule has 1 aliphatic rings. The molecule has 1 fully saturated rings. The average molecular weight is 337 g/mol. The summed E-state index contributed by atoms with van der Waals surface area (Å²) in [4.78, 5) is 13.8. The van der Waals surface area contributed by atoms with Crippen LogP contribution in [0.1, 0.15) is 35.5 Å². The van der Waals surface area contributed by atoms with Crippen LogP contribution in [-0.4, -0.2) is 39.3 Å². The number of hydrogen-bond acceptors (Lipinski definition) is 5. The van der Waals surface area contributed by atoms with Crippen LogP contribution in [0, 0.1) is 0 Å². The van der Waals surface area contributed by atoms with Gasteiger partial charge in [0.25, 0.3) is 0 Å². The first-order valence-corrected chi connectivity index (χ1v) is 7.72. The van der Waals surface area contributed by atoms with Gasteiger partial charge in [-0.1, -0.05) is 28.9 Å². The molecule has 6 nitrogen and oxygen atoms in total. The third-order valence-corrected chi connectivity index (χ3v) is 4.26. The summed E-state index contributed by atoms with van der Waals surface area (Å²) < 4.78 is 4.94. The molecule has 1 aromatic heterocycles. The predicted molar refractivity (Wildman–Crippen MR) is 82.8 cm³/mol. The zero-order valence-corrected chi connectivity index (χ0v) is 13.1. The Balaban J connectivity index is 1.51. The van der Waals surface area contributed by atoms with Crippen molar-refractivity contribution in [2.45, 2.75) is 25.0 Å². The number of halogens is 1. The molecular formula is C16H17ClN2O4. The molecule has 23 heavy (non-hydrogen) atoms. The van der Waals surface area contributed by atoms with Crippen molar-refractivity contribution in [1.29, 1.82) is 0 Å². The molecule has 7 heteroatoms. The number of aliphatic hydroxyl groups excluding tert-OH is 2. The van der Waals surface area contributed by atoms with Crippen molar-refractivity contribution < 1.29 is 19.5 Å². The third kappa shape index (κ3) is 3.55. The number of rotatable bonds is 5. The highest BCUT2D eigenvalue weighted by Crippen LogP contribution is 2.29. The Morgan fingerprint density at radius 2 is 2.09 bits per heavy atom. The average Bonchev–Trinajstić information content (AvgIpc) is 2.95. The van der Waals surface area contributed by atoms with Gasteiger partial charge in [0.1, 0.15) is 6.61 Å². The minimum Gasteiger partial charge on any atom is -0.388 e.